The number of hydrogen-bond donors (Lipinski definition) is 2. The van der Waals surface area contributed by atoms with Crippen LogP contribution in [0.2, 0.25) is 0 Å². The SMILES string of the molecule is C#Cc1ccccc1C(C(=O)NCCC(=O)OCC)N(CC#N)C(=O)C(CCSC)NC(=O)OC(C)(C)C. The van der Waals surface area contributed by atoms with Crippen molar-refractivity contribution in [3.63, 3.8) is 0 Å². The second-order valence-corrected chi connectivity index (χ2v) is 10.1. The van der Waals surface area contributed by atoms with Crippen molar-refractivity contribution in [1.29, 1.82) is 5.26 Å². The van der Waals surface area contributed by atoms with Crippen LogP contribution in [-0.2, 0) is 23.9 Å². The molecule has 3 amide bonds. The van der Waals surface area contributed by atoms with E-state index in [1.54, 1.807) is 52.0 Å². The molecule has 2 N–H and O–H groups in total. The van der Waals surface area contributed by atoms with Gasteiger partial charge in [0.25, 0.3) is 0 Å². The summed E-state index contributed by atoms with van der Waals surface area (Å²) < 4.78 is 10.2. The number of thioether (sulfide) groups is 1. The number of hydrogen-bond acceptors (Lipinski definition) is 8. The van der Waals surface area contributed by atoms with Crippen LogP contribution in [0, 0.1) is 23.7 Å². The van der Waals surface area contributed by atoms with E-state index in [0.717, 1.165) is 4.90 Å². The van der Waals surface area contributed by atoms with Gasteiger partial charge in [0, 0.05) is 12.1 Å². The summed E-state index contributed by atoms with van der Waals surface area (Å²) in [4.78, 5) is 52.6. The van der Waals surface area contributed by atoms with Crippen molar-refractivity contribution in [2.24, 2.45) is 0 Å². The zero-order chi connectivity index (χ0) is 28.7. The Morgan fingerprint density at radius 2 is 1.89 bits per heavy atom. The number of benzene rings is 1. The minimum absolute atomic E-state index is 0.0486. The first-order chi connectivity index (χ1) is 18.0. The number of carbonyl (C=O) groups is 4. The molecule has 0 bridgehead atoms. The van der Waals surface area contributed by atoms with Crippen molar-refractivity contribution in [2.45, 2.75) is 58.2 Å². The first-order valence-corrected chi connectivity index (χ1v) is 13.5. The highest BCUT2D eigenvalue weighted by Crippen LogP contribution is 2.26. The Bertz CT molecular complexity index is 1060. The molecule has 0 fully saturated rings. The third-order valence-corrected chi connectivity index (χ3v) is 5.67. The van der Waals surface area contributed by atoms with Crippen molar-refractivity contribution in [3.05, 3.63) is 35.4 Å². The van der Waals surface area contributed by atoms with Crippen molar-refractivity contribution in [1.82, 2.24) is 15.5 Å². The Balaban J connectivity index is 3.42. The topological polar surface area (TPSA) is 138 Å². The van der Waals surface area contributed by atoms with Gasteiger partial charge in [-0.3, -0.25) is 14.4 Å². The van der Waals surface area contributed by atoms with Gasteiger partial charge in [-0.05, 0) is 57.8 Å². The smallest absolute Gasteiger partial charge is 0.408 e. The molecule has 0 saturated carbocycles. The largest absolute Gasteiger partial charge is 0.466 e. The highest BCUT2D eigenvalue weighted by Gasteiger charge is 2.37. The molecule has 1 aromatic rings. The van der Waals surface area contributed by atoms with E-state index in [-0.39, 0.29) is 26.0 Å². The summed E-state index contributed by atoms with van der Waals surface area (Å²) in [6.07, 6.45) is 6.88. The molecule has 0 aliphatic carbocycles. The van der Waals surface area contributed by atoms with Crippen LogP contribution in [0.1, 0.15) is 57.7 Å². The summed E-state index contributed by atoms with van der Waals surface area (Å²) in [6.45, 7) is 6.46. The Kier molecular flexibility index (Phi) is 13.8. The highest BCUT2D eigenvalue weighted by molar-refractivity contribution is 7.98. The molecular weight excluding hydrogens is 508 g/mol. The zero-order valence-electron chi connectivity index (χ0n) is 22.5. The summed E-state index contributed by atoms with van der Waals surface area (Å²) in [5.74, 6) is 1.25. The minimum atomic E-state index is -1.30. The summed E-state index contributed by atoms with van der Waals surface area (Å²) in [5.41, 5.74) is -0.112. The summed E-state index contributed by atoms with van der Waals surface area (Å²) in [6, 6.07) is 6.13. The zero-order valence-corrected chi connectivity index (χ0v) is 23.4. The number of rotatable bonds is 13. The molecule has 38 heavy (non-hydrogen) atoms. The minimum Gasteiger partial charge on any atom is -0.466 e. The lowest BCUT2D eigenvalue weighted by atomic mass is 9.97. The molecule has 10 nitrogen and oxygen atoms in total. The molecule has 2 atom stereocenters. The van der Waals surface area contributed by atoms with E-state index in [1.165, 1.54) is 11.8 Å². The second-order valence-electron chi connectivity index (χ2n) is 9.08. The Hall–Kier alpha value is -3.70. The number of esters is 1. The third-order valence-electron chi connectivity index (χ3n) is 5.03. The van der Waals surface area contributed by atoms with Gasteiger partial charge in [0.1, 0.15) is 24.2 Å². The van der Waals surface area contributed by atoms with Crippen LogP contribution < -0.4 is 10.6 Å². The van der Waals surface area contributed by atoms with Gasteiger partial charge in [-0.25, -0.2) is 4.79 Å². The number of alkyl carbamates (subject to hydrolysis) is 1. The molecule has 11 heteroatoms. The molecule has 0 aliphatic rings. The normalized spacial score (nSPS) is 12.2. The summed E-state index contributed by atoms with van der Waals surface area (Å²) in [5, 5.41) is 14.8. The Labute approximate surface area is 228 Å². The number of nitriles is 1. The van der Waals surface area contributed by atoms with Gasteiger partial charge in [-0.15, -0.1) is 6.42 Å². The Morgan fingerprint density at radius 1 is 1.21 bits per heavy atom. The van der Waals surface area contributed by atoms with E-state index in [9.17, 15) is 24.4 Å². The van der Waals surface area contributed by atoms with Crippen LogP contribution in [0.4, 0.5) is 4.79 Å². The van der Waals surface area contributed by atoms with E-state index in [1.807, 2.05) is 12.3 Å². The average Bonchev–Trinajstić information content (AvgIpc) is 2.85. The fourth-order valence-corrected chi connectivity index (χ4v) is 3.92. The lowest BCUT2D eigenvalue weighted by Gasteiger charge is -2.33. The number of carbonyl (C=O) groups excluding carboxylic acids is 4. The monoisotopic (exact) mass is 544 g/mol. The molecule has 0 aromatic heterocycles. The van der Waals surface area contributed by atoms with Gasteiger partial charge >= 0.3 is 12.1 Å². The molecule has 2 unspecified atom stereocenters. The van der Waals surface area contributed by atoms with Gasteiger partial charge in [0.2, 0.25) is 11.8 Å². The first kappa shape index (κ1) is 32.3. The standard InChI is InChI=1S/C27H36N4O6S/c1-7-19-11-9-10-12-20(19)23(24(33)29-16-13-22(32)36-8-2)31(17-15-28)25(34)21(14-18-38-6)30-26(35)37-27(3,4)5/h1,9-12,21,23H,8,13-14,16-18H2,2-6H3,(H,29,33)(H,30,35). The van der Waals surface area contributed by atoms with Gasteiger partial charge in [0.15, 0.2) is 0 Å². The molecule has 0 heterocycles. The van der Waals surface area contributed by atoms with Gasteiger partial charge in [-0.1, -0.05) is 24.1 Å². The first-order valence-electron chi connectivity index (χ1n) is 12.1. The second kappa shape index (κ2) is 16.2. The van der Waals surface area contributed by atoms with Crippen molar-refractivity contribution in [3.8, 4) is 18.4 Å². The Morgan fingerprint density at radius 3 is 2.47 bits per heavy atom. The lowest BCUT2D eigenvalue weighted by molar-refractivity contribution is -0.144. The summed E-state index contributed by atoms with van der Waals surface area (Å²) >= 11 is 1.47. The van der Waals surface area contributed by atoms with Crippen molar-refractivity contribution >= 4 is 35.6 Å². The fourth-order valence-electron chi connectivity index (χ4n) is 3.45. The van der Waals surface area contributed by atoms with E-state index in [2.05, 4.69) is 16.6 Å². The maximum Gasteiger partial charge on any atom is 0.408 e. The van der Waals surface area contributed by atoms with Crippen LogP contribution in [0.3, 0.4) is 0 Å². The van der Waals surface area contributed by atoms with Gasteiger partial charge in [-0.2, -0.15) is 17.0 Å². The fraction of sp³-hybridized carbons (Fsp3) is 0.519. The number of nitrogens with zero attached hydrogens (tertiary/aromatic N) is 2. The maximum atomic E-state index is 13.8. The van der Waals surface area contributed by atoms with E-state index in [4.69, 9.17) is 15.9 Å². The van der Waals surface area contributed by atoms with E-state index in [0.29, 0.717) is 16.9 Å². The molecule has 0 saturated heterocycles. The number of amides is 3. The van der Waals surface area contributed by atoms with Gasteiger partial charge in [0.05, 0.1) is 19.1 Å². The molecule has 0 aliphatic heterocycles. The molecule has 1 rings (SSSR count). The predicted molar refractivity (Wildman–Crippen MR) is 145 cm³/mol. The average molecular weight is 545 g/mol. The third kappa shape index (κ3) is 10.7. The van der Waals surface area contributed by atoms with Crippen LogP contribution in [0.5, 0.6) is 0 Å². The highest BCUT2D eigenvalue weighted by atomic mass is 32.2. The molecule has 0 spiro atoms. The number of ether oxygens (including phenoxy) is 2. The number of nitrogens with one attached hydrogen (secondary N) is 2. The predicted octanol–water partition coefficient (Wildman–Crippen LogP) is 2.78. The van der Waals surface area contributed by atoms with Crippen LogP contribution in [0.15, 0.2) is 24.3 Å². The van der Waals surface area contributed by atoms with Crippen molar-refractivity contribution in [2.75, 3.05) is 31.7 Å². The van der Waals surface area contributed by atoms with E-state index < -0.39 is 48.1 Å². The number of terminal acetylenes is 1. The van der Waals surface area contributed by atoms with Gasteiger partial charge < -0.3 is 25.0 Å². The molecule has 0 radical (unpaired) electrons. The summed E-state index contributed by atoms with van der Waals surface area (Å²) in [7, 11) is 0. The molecule has 206 valence electrons. The quantitative estimate of drug-likeness (QED) is 0.220. The van der Waals surface area contributed by atoms with E-state index >= 15 is 0 Å². The van der Waals surface area contributed by atoms with Crippen molar-refractivity contribution < 1.29 is 28.7 Å². The lowest BCUT2D eigenvalue weighted by Crippen LogP contribution is -2.53. The van der Waals surface area contributed by atoms with Crippen LogP contribution in [0.25, 0.3) is 0 Å². The maximum absolute atomic E-state index is 13.8. The van der Waals surface area contributed by atoms with Crippen LogP contribution in [-0.4, -0.2) is 72.1 Å². The molecular formula is C27H36N4O6S. The van der Waals surface area contributed by atoms with Crippen LogP contribution >= 0.6 is 11.8 Å². The molecule has 1 aromatic carbocycles.